The van der Waals surface area contributed by atoms with Crippen molar-refractivity contribution in [2.45, 2.75) is 18.7 Å². The van der Waals surface area contributed by atoms with Gasteiger partial charge >= 0.3 is 5.97 Å². The second-order valence-corrected chi connectivity index (χ2v) is 3.52. The molecule has 0 aliphatic rings. The third-order valence-corrected chi connectivity index (χ3v) is 2.40. The lowest BCUT2D eigenvalue weighted by Gasteiger charge is -2.10. The average Bonchev–Trinajstić information content (AvgIpc) is 2.28. The van der Waals surface area contributed by atoms with Crippen molar-refractivity contribution in [3.8, 4) is 0 Å². The molecule has 0 saturated heterocycles. The van der Waals surface area contributed by atoms with Gasteiger partial charge in [-0.2, -0.15) is 0 Å². The van der Waals surface area contributed by atoms with Crippen LogP contribution in [0.25, 0.3) is 0 Å². The van der Waals surface area contributed by atoms with Gasteiger partial charge < -0.3 is 10.5 Å². The van der Waals surface area contributed by atoms with E-state index >= 15 is 0 Å². The number of carbonyl (C=O) groups excluding carboxylic acids is 1. The zero-order valence-corrected chi connectivity index (χ0v) is 9.80. The van der Waals surface area contributed by atoms with Crippen molar-refractivity contribution in [2.24, 2.45) is 0 Å². The van der Waals surface area contributed by atoms with Crippen LogP contribution in [-0.2, 0) is 21.8 Å². The molecule has 0 atom stereocenters. The highest BCUT2D eigenvalue weighted by Crippen LogP contribution is 2.26. The van der Waals surface area contributed by atoms with E-state index in [1.54, 1.807) is 0 Å². The van der Waals surface area contributed by atoms with Crippen LogP contribution in [0, 0.1) is 0 Å². The molecule has 4 nitrogen and oxygen atoms in total. The highest BCUT2D eigenvalue weighted by Gasteiger charge is 2.18. The Morgan fingerprint density at radius 1 is 1.65 bits per heavy atom. The summed E-state index contributed by atoms with van der Waals surface area (Å²) < 4.78 is 29.5. The van der Waals surface area contributed by atoms with Gasteiger partial charge in [0.2, 0.25) is 0 Å². The molecule has 0 saturated carbocycles. The summed E-state index contributed by atoms with van der Waals surface area (Å²) in [6, 6.07) is 1.28. The van der Waals surface area contributed by atoms with Gasteiger partial charge in [-0.3, -0.25) is 4.79 Å². The summed E-state index contributed by atoms with van der Waals surface area (Å²) in [6.07, 6.45) is -2.87. The number of alkyl halides is 3. The van der Waals surface area contributed by atoms with E-state index in [0.717, 1.165) is 0 Å². The van der Waals surface area contributed by atoms with Gasteiger partial charge in [0, 0.05) is 0 Å². The number of anilines is 1. The van der Waals surface area contributed by atoms with E-state index in [1.807, 2.05) is 0 Å². The summed E-state index contributed by atoms with van der Waals surface area (Å²) in [5.74, 6) is -0.589. The fourth-order valence-electron chi connectivity index (χ4n) is 1.30. The maximum atomic E-state index is 12.5. The highest BCUT2D eigenvalue weighted by atomic mass is 35.5. The topological polar surface area (TPSA) is 65.2 Å². The molecule has 0 spiro atoms. The average molecular weight is 265 g/mol. The van der Waals surface area contributed by atoms with Gasteiger partial charge in [0.25, 0.3) is 6.43 Å². The SMILES string of the molecule is COC(=O)Cc1cc(N)c(C(F)F)nc1CCl. The van der Waals surface area contributed by atoms with Crippen molar-refractivity contribution < 1.29 is 18.3 Å². The van der Waals surface area contributed by atoms with Crippen LogP contribution in [0.4, 0.5) is 14.5 Å². The molecule has 1 aromatic heterocycles. The predicted molar refractivity (Wildman–Crippen MR) is 58.9 cm³/mol. The molecule has 7 heteroatoms. The maximum absolute atomic E-state index is 12.5. The number of rotatable bonds is 4. The van der Waals surface area contributed by atoms with E-state index in [0.29, 0.717) is 5.56 Å². The molecule has 0 radical (unpaired) electrons. The van der Waals surface area contributed by atoms with Crippen molar-refractivity contribution in [1.82, 2.24) is 4.98 Å². The quantitative estimate of drug-likeness (QED) is 0.668. The molecule has 1 rings (SSSR count). The first-order valence-electron chi connectivity index (χ1n) is 4.68. The third kappa shape index (κ3) is 3.26. The Morgan fingerprint density at radius 3 is 2.76 bits per heavy atom. The Kier molecular flexibility index (Phi) is 4.62. The fraction of sp³-hybridized carbons (Fsp3) is 0.400. The second kappa shape index (κ2) is 5.77. The molecule has 0 aliphatic heterocycles. The van der Waals surface area contributed by atoms with Gasteiger partial charge in [-0.25, -0.2) is 13.8 Å². The Bertz CT molecular complexity index is 427. The smallest absolute Gasteiger partial charge is 0.310 e. The van der Waals surface area contributed by atoms with Gasteiger partial charge in [-0.1, -0.05) is 0 Å². The van der Waals surface area contributed by atoms with Crippen LogP contribution < -0.4 is 5.73 Å². The molecule has 0 unspecified atom stereocenters. The summed E-state index contributed by atoms with van der Waals surface area (Å²) in [7, 11) is 1.23. The van der Waals surface area contributed by atoms with Gasteiger partial charge in [0.15, 0.2) is 0 Å². The van der Waals surface area contributed by atoms with Crippen LogP contribution in [0.1, 0.15) is 23.4 Å². The molecular formula is C10H11ClF2N2O2. The molecule has 0 aliphatic carbocycles. The Hall–Kier alpha value is -1.43. The number of halogens is 3. The predicted octanol–water partition coefficient (Wildman–Crippen LogP) is 2.06. The summed E-state index contributed by atoms with van der Waals surface area (Å²) in [5, 5.41) is 0. The lowest BCUT2D eigenvalue weighted by molar-refractivity contribution is -0.139. The summed E-state index contributed by atoms with van der Waals surface area (Å²) in [4.78, 5) is 14.8. The Labute approximate surface area is 102 Å². The van der Waals surface area contributed by atoms with Crippen LogP contribution in [-0.4, -0.2) is 18.1 Å². The minimum Gasteiger partial charge on any atom is -0.469 e. The number of nitrogens with zero attached hydrogens (tertiary/aromatic N) is 1. The summed E-state index contributed by atoms with van der Waals surface area (Å²) in [6.45, 7) is 0. The monoisotopic (exact) mass is 264 g/mol. The summed E-state index contributed by atoms with van der Waals surface area (Å²) >= 11 is 5.59. The number of pyridine rings is 1. The minimum atomic E-state index is -2.77. The van der Waals surface area contributed by atoms with Crippen LogP contribution in [0.15, 0.2) is 6.07 Å². The number of ether oxygens (including phenoxy) is 1. The molecule has 17 heavy (non-hydrogen) atoms. The standard InChI is InChI=1S/C10H11ClF2N2O2/c1-17-8(16)3-5-2-6(14)9(10(12)13)15-7(5)4-11/h2,10H,3-4,14H2,1H3. The molecule has 0 aromatic carbocycles. The fourth-order valence-corrected chi connectivity index (χ4v) is 1.53. The molecule has 1 heterocycles. The van der Waals surface area contributed by atoms with Gasteiger partial charge in [0.05, 0.1) is 30.8 Å². The number of nitrogen functional groups attached to an aromatic ring is 1. The summed E-state index contributed by atoms with van der Waals surface area (Å²) in [5.41, 5.74) is 5.35. The first-order valence-corrected chi connectivity index (χ1v) is 5.22. The van der Waals surface area contributed by atoms with Gasteiger partial charge in [-0.05, 0) is 11.6 Å². The van der Waals surface area contributed by atoms with Crippen molar-refractivity contribution in [3.63, 3.8) is 0 Å². The first kappa shape index (κ1) is 13.6. The maximum Gasteiger partial charge on any atom is 0.310 e. The molecular weight excluding hydrogens is 254 g/mol. The van der Waals surface area contributed by atoms with Crippen LogP contribution in [0.5, 0.6) is 0 Å². The van der Waals surface area contributed by atoms with E-state index in [1.165, 1.54) is 13.2 Å². The Balaban J connectivity index is 3.14. The number of nitrogens with two attached hydrogens (primary N) is 1. The highest BCUT2D eigenvalue weighted by molar-refractivity contribution is 6.17. The molecule has 2 N–H and O–H groups in total. The van der Waals surface area contributed by atoms with E-state index in [-0.39, 0.29) is 23.7 Å². The van der Waals surface area contributed by atoms with E-state index in [2.05, 4.69) is 9.72 Å². The molecule has 0 amide bonds. The molecule has 0 bridgehead atoms. The number of esters is 1. The molecule has 1 aromatic rings. The van der Waals surface area contributed by atoms with E-state index in [4.69, 9.17) is 17.3 Å². The first-order chi connectivity index (χ1) is 7.99. The minimum absolute atomic E-state index is 0.0771. The van der Waals surface area contributed by atoms with Gasteiger partial charge in [0.1, 0.15) is 5.69 Å². The lowest BCUT2D eigenvalue weighted by Crippen LogP contribution is -2.10. The number of hydrogen-bond donors (Lipinski definition) is 1. The van der Waals surface area contributed by atoms with E-state index in [9.17, 15) is 13.6 Å². The van der Waals surface area contributed by atoms with Crippen LogP contribution in [0.2, 0.25) is 0 Å². The number of carbonyl (C=O) groups is 1. The normalized spacial score (nSPS) is 10.6. The lowest BCUT2D eigenvalue weighted by atomic mass is 10.1. The molecule has 94 valence electrons. The number of aromatic nitrogens is 1. The second-order valence-electron chi connectivity index (χ2n) is 3.26. The van der Waals surface area contributed by atoms with Gasteiger partial charge in [-0.15, -0.1) is 11.6 Å². The number of hydrogen-bond acceptors (Lipinski definition) is 4. The van der Waals surface area contributed by atoms with Crippen molar-refractivity contribution in [1.29, 1.82) is 0 Å². The molecule has 0 fully saturated rings. The van der Waals surface area contributed by atoms with Crippen LogP contribution >= 0.6 is 11.6 Å². The van der Waals surface area contributed by atoms with Crippen LogP contribution in [0.3, 0.4) is 0 Å². The van der Waals surface area contributed by atoms with Crippen molar-refractivity contribution >= 4 is 23.3 Å². The van der Waals surface area contributed by atoms with Crippen molar-refractivity contribution in [2.75, 3.05) is 12.8 Å². The number of methoxy groups -OCH3 is 1. The Morgan fingerprint density at radius 2 is 2.29 bits per heavy atom. The zero-order valence-electron chi connectivity index (χ0n) is 9.04. The van der Waals surface area contributed by atoms with E-state index < -0.39 is 18.1 Å². The zero-order chi connectivity index (χ0) is 13.0. The van der Waals surface area contributed by atoms with Crippen molar-refractivity contribution in [3.05, 3.63) is 23.0 Å². The largest absolute Gasteiger partial charge is 0.469 e. The third-order valence-electron chi connectivity index (χ3n) is 2.15.